The SMILES string of the molecule is CC(NC(=O)CSc1ccc(Cl)cn1)c1cccc2ccccc12. The van der Waals surface area contributed by atoms with E-state index in [1.807, 2.05) is 31.2 Å². The van der Waals surface area contributed by atoms with Gasteiger partial charge in [-0.2, -0.15) is 0 Å². The van der Waals surface area contributed by atoms with Crippen molar-refractivity contribution in [1.82, 2.24) is 10.3 Å². The third-order valence-corrected chi connectivity index (χ3v) is 4.89. The molecule has 24 heavy (non-hydrogen) atoms. The number of nitrogens with zero attached hydrogens (tertiary/aromatic N) is 1. The molecule has 0 fully saturated rings. The van der Waals surface area contributed by atoms with Crippen molar-refractivity contribution in [2.75, 3.05) is 5.75 Å². The molecule has 3 nitrogen and oxygen atoms in total. The zero-order valence-corrected chi connectivity index (χ0v) is 14.8. The summed E-state index contributed by atoms with van der Waals surface area (Å²) in [6, 6.07) is 17.9. The molecule has 1 aromatic heterocycles. The first kappa shape index (κ1) is 16.8. The van der Waals surface area contributed by atoms with Gasteiger partial charge in [0.15, 0.2) is 0 Å². The summed E-state index contributed by atoms with van der Waals surface area (Å²) < 4.78 is 0. The molecule has 0 bridgehead atoms. The highest BCUT2D eigenvalue weighted by atomic mass is 35.5. The molecule has 0 saturated carbocycles. The monoisotopic (exact) mass is 356 g/mol. The average Bonchev–Trinajstić information content (AvgIpc) is 2.60. The van der Waals surface area contributed by atoms with Gasteiger partial charge in [0, 0.05) is 6.20 Å². The van der Waals surface area contributed by atoms with E-state index in [2.05, 4.69) is 34.6 Å². The summed E-state index contributed by atoms with van der Waals surface area (Å²) >= 11 is 7.20. The van der Waals surface area contributed by atoms with Gasteiger partial charge in [-0.05, 0) is 35.4 Å². The predicted molar refractivity (Wildman–Crippen MR) is 100 cm³/mol. The summed E-state index contributed by atoms with van der Waals surface area (Å²) in [6.45, 7) is 2.00. The Kier molecular flexibility index (Phi) is 5.38. The maximum atomic E-state index is 12.2. The van der Waals surface area contributed by atoms with Gasteiger partial charge in [0.1, 0.15) is 0 Å². The summed E-state index contributed by atoms with van der Waals surface area (Å²) in [5, 5.41) is 6.78. The van der Waals surface area contributed by atoms with Gasteiger partial charge in [0.2, 0.25) is 5.91 Å². The van der Waals surface area contributed by atoms with Gasteiger partial charge in [0.05, 0.1) is 21.8 Å². The minimum absolute atomic E-state index is 0.0165. The Bertz CT molecular complexity index is 846. The highest BCUT2D eigenvalue weighted by Gasteiger charge is 2.12. The van der Waals surface area contributed by atoms with Crippen LogP contribution in [0.15, 0.2) is 65.8 Å². The molecule has 1 heterocycles. The minimum atomic E-state index is -0.0534. The predicted octanol–water partition coefficient (Wildman–Crippen LogP) is 4.86. The minimum Gasteiger partial charge on any atom is -0.349 e. The Labute approximate surface area is 150 Å². The molecule has 1 amide bonds. The van der Waals surface area contributed by atoms with Crippen molar-refractivity contribution in [2.45, 2.75) is 18.0 Å². The first-order chi connectivity index (χ1) is 11.6. The van der Waals surface area contributed by atoms with Gasteiger partial charge in [-0.3, -0.25) is 4.79 Å². The van der Waals surface area contributed by atoms with E-state index in [1.54, 1.807) is 12.3 Å². The van der Waals surface area contributed by atoms with Crippen LogP contribution in [-0.2, 0) is 4.79 Å². The number of aromatic nitrogens is 1. The lowest BCUT2D eigenvalue weighted by molar-refractivity contribution is -0.119. The Balaban J connectivity index is 1.64. The number of fused-ring (bicyclic) bond motifs is 1. The zero-order chi connectivity index (χ0) is 16.9. The Morgan fingerprint density at radius 3 is 2.75 bits per heavy atom. The highest BCUT2D eigenvalue weighted by molar-refractivity contribution is 7.99. The number of nitrogens with one attached hydrogen (secondary N) is 1. The second-order valence-electron chi connectivity index (χ2n) is 5.46. The smallest absolute Gasteiger partial charge is 0.230 e. The fourth-order valence-corrected chi connectivity index (χ4v) is 3.34. The lowest BCUT2D eigenvalue weighted by Crippen LogP contribution is -2.28. The molecule has 0 saturated heterocycles. The van der Waals surface area contributed by atoms with Crippen LogP contribution in [0, 0.1) is 0 Å². The molecule has 0 aliphatic rings. The topological polar surface area (TPSA) is 42.0 Å². The second-order valence-corrected chi connectivity index (χ2v) is 6.89. The standard InChI is InChI=1S/C19H17ClN2OS/c1-13(16-8-4-6-14-5-2-3-7-17(14)16)22-18(23)12-24-19-10-9-15(20)11-21-19/h2-11,13H,12H2,1H3,(H,22,23). The molecular weight excluding hydrogens is 340 g/mol. The van der Waals surface area contributed by atoms with Gasteiger partial charge in [-0.1, -0.05) is 65.8 Å². The van der Waals surface area contributed by atoms with Crippen LogP contribution in [0.25, 0.3) is 10.8 Å². The van der Waals surface area contributed by atoms with Crippen molar-refractivity contribution in [3.05, 3.63) is 71.4 Å². The van der Waals surface area contributed by atoms with Crippen LogP contribution in [0.5, 0.6) is 0 Å². The largest absolute Gasteiger partial charge is 0.349 e. The molecule has 1 N–H and O–H groups in total. The van der Waals surface area contributed by atoms with Gasteiger partial charge >= 0.3 is 0 Å². The number of amides is 1. The lowest BCUT2D eigenvalue weighted by atomic mass is 10.00. The number of carbonyl (C=O) groups is 1. The van der Waals surface area contributed by atoms with E-state index in [9.17, 15) is 4.79 Å². The Hall–Kier alpha value is -2.04. The van der Waals surface area contributed by atoms with Crippen molar-refractivity contribution < 1.29 is 4.79 Å². The number of pyridine rings is 1. The van der Waals surface area contributed by atoms with Crippen LogP contribution < -0.4 is 5.32 Å². The van der Waals surface area contributed by atoms with Gasteiger partial charge in [0.25, 0.3) is 0 Å². The average molecular weight is 357 g/mol. The molecule has 0 aliphatic heterocycles. The van der Waals surface area contributed by atoms with Crippen molar-refractivity contribution in [2.24, 2.45) is 0 Å². The maximum absolute atomic E-state index is 12.2. The molecule has 0 aliphatic carbocycles. The van der Waals surface area contributed by atoms with Crippen molar-refractivity contribution in [3.8, 4) is 0 Å². The van der Waals surface area contributed by atoms with Crippen LogP contribution in [-0.4, -0.2) is 16.6 Å². The molecule has 122 valence electrons. The van der Waals surface area contributed by atoms with E-state index in [4.69, 9.17) is 11.6 Å². The van der Waals surface area contributed by atoms with Crippen molar-refractivity contribution >= 4 is 40.0 Å². The van der Waals surface area contributed by atoms with E-state index in [0.29, 0.717) is 10.8 Å². The summed E-state index contributed by atoms with van der Waals surface area (Å²) in [5.41, 5.74) is 1.12. The fourth-order valence-electron chi connectivity index (χ4n) is 2.58. The van der Waals surface area contributed by atoms with Crippen LogP contribution in [0.4, 0.5) is 0 Å². The summed E-state index contributed by atoms with van der Waals surface area (Å²) in [6.07, 6.45) is 1.58. The van der Waals surface area contributed by atoms with Gasteiger partial charge < -0.3 is 5.32 Å². The number of rotatable bonds is 5. The molecule has 3 aromatic rings. The van der Waals surface area contributed by atoms with Crippen LogP contribution in [0.3, 0.4) is 0 Å². The molecule has 1 atom stereocenters. The lowest BCUT2D eigenvalue weighted by Gasteiger charge is -2.16. The third kappa shape index (κ3) is 4.08. The van der Waals surface area contributed by atoms with E-state index in [-0.39, 0.29) is 11.9 Å². The number of halogens is 1. The normalized spacial score (nSPS) is 12.1. The van der Waals surface area contributed by atoms with E-state index >= 15 is 0 Å². The molecule has 1 unspecified atom stereocenters. The molecule has 0 radical (unpaired) electrons. The van der Waals surface area contributed by atoms with Crippen molar-refractivity contribution in [1.29, 1.82) is 0 Å². The third-order valence-electron chi connectivity index (χ3n) is 3.72. The van der Waals surface area contributed by atoms with Crippen LogP contribution in [0.2, 0.25) is 5.02 Å². The van der Waals surface area contributed by atoms with Crippen molar-refractivity contribution in [3.63, 3.8) is 0 Å². The Morgan fingerprint density at radius 1 is 1.17 bits per heavy atom. The first-order valence-corrected chi connectivity index (χ1v) is 9.01. The summed E-state index contributed by atoms with van der Waals surface area (Å²) in [5.74, 6) is 0.307. The number of thioether (sulfide) groups is 1. The number of hydrogen-bond acceptors (Lipinski definition) is 3. The van der Waals surface area contributed by atoms with Crippen LogP contribution >= 0.6 is 23.4 Å². The maximum Gasteiger partial charge on any atom is 0.230 e. The van der Waals surface area contributed by atoms with E-state index in [1.165, 1.54) is 22.5 Å². The molecule has 3 rings (SSSR count). The molecule has 2 aromatic carbocycles. The van der Waals surface area contributed by atoms with Gasteiger partial charge in [-0.25, -0.2) is 4.98 Å². The quantitative estimate of drug-likeness (QED) is 0.664. The first-order valence-electron chi connectivity index (χ1n) is 7.65. The zero-order valence-electron chi connectivity index (χ0n) is 13.2. The van der Waals surface area contributed by atoms with E-state index in [0.717, 1.165) is 10.6 Å². The molecule has 0 spiro atoms. The number of hydrogen-bond donors (Lipinski definition) is 1. The summed E-state index contributed by atoms with van der Waals surface area (Å²) in [7, 11) is 0. The Morgan fingerprint density at radius 2 is 1.96 bits per heavy atom. The molecular formula is C19H17ClN2OS. The number of carbonyl (C=O) groups excluding carboxylic acids is 1. The fraction of sp³-hybridized carbons (Fsp3) is 0.158. The van der Waals surface area contributed by atoms with Crippen LogP contribution in [0.1, 0.15) is 18.5 Å². The van der Waals surface area contributed by atoms with E-state index < -0.39 is 0 Å². The molecule has 5 heteroatoms. The van der Waals surface area contributed by atoms with Gasteiger partial charge in [-0.15, -0.1) is 0 Å². The highest BCUT2D eigenvalue weighted by Crippen LogP contribution is 2.24. The summed E-state index contributed by atoms with van der Waals surface area (Å²) in [4.78, 5) is 16.4. The number of benzene rings is 2. The second kappa shape index (κ2) is 7.69.